The third-order valence-electron chi connectivity index (χ3n) is 3.47. The van der Waals surface area contributed by atoms with E-state index in [2.05, 4.69) is 21.2 Å². The molecule has 1 aromatic rings. The summed E-state index contributed by atoms with van der Waals surface area (Å²) in [5.74, 6) is 0. The largest absolute Gasteiger partial charge is 0.318 e. The molecule has 2 rings (SSSR count). The summed E-state index contributed by atoms with van der Waals surface area (Å²) < 4.78 is 27.4. The lowest BCUT2D eigenvalue weighted by Gasteiger charge is -2.23. The Morgan fingerprint density at radius 3 is 2.86 bits per heavy atom. The average Bonchev–Trinajstić information content (AvgIpc) is 2.87. The van der Waals surface area contributed by atoms with Gasteiger partial charge in [0.05, 0.1) is 4.92 Å². The summed E-state index contributed by atoms with van der Waals surface area (Å²) >= 11 is 3.17. The van der Waals surface area contributed by atoms with Crippen molar-refractivity contribution in [3.63, 3.8) is 0 Å². The quantitative estimate of drug-likeness (QED) is 0.622. The number of sulfonamides is 1. The van der Waals surface area contributed by atoms with Crippen LogP contribution in [-0.2, 0) is 10.0 Å². The van der Waals surface area contributed by atoms with Crippen molar-refractivity contribution in [2.45, 2.75) is 23.8 Å². The van der Waals surface area contributed by atoms with Crippen LogP contribution in [0.25, 0.3) is 0 Å². The molecule has 1 aliphatic rings. The molecule has 0 bridgehead atoms. The SMILES string of the molecule is CNCC1CCCN1S(=O)(=O)c1cc(Br)ccc1[N+](=O)[O-]. The summed E-state index contributed by atoms with van der Waals surface area (Å²) in [6.07, 6.45) is 1.51. The summed E-state index contributed by atoms with van der Waals surface area (Å²) in [5.41, 5.74) is -0.395. The van der Waals surface area contributed by atoms with Crippen LogP contribution < -0.4 is 5.32 Å². The standard InChI is InChI=1S/C12H16BrN3O4S/c1-14-8-10-3-2-6-15(10)21(19,20)12-7-9(13)4-5-11(12)16(17)18/h4-5,7,10,14H,2-3,6,8H2,1H3. The van der Waals surface area contributed by atoms with Gasteiger partial charge < -0.3 is 5.32 Å². The van der Waals surface area contributed by atoms with Crippen LogP contribution in [0, 0.1) is 10.1 Å². The lowest BCUT2D eigenvalue weighted by molar-refractivity contribution is -0.387. The number of halogens is 1. The van der Waals surface area contributed by atoms with Crippen LogP contribution in [0.1, 0.15) is 12.8 Å². The Bertz CT molecular complexity index is 650. The zero-order valence-corrected chi connectivity index (χ0v) is 13.9. The predicted molar refractivity (Wildman–Crippen MR) is 81.6 cm³/mol. The van der Waals surface area contributed by atoms with Gasteiger partial charge in [-0.25, -0.2) is 8.42 Å². The summed E-state index contributed by atoms with van der Waals surface area (Å²) in [7, 11) is -2.13. The molecule has 1 heterocycles. The number of nitrogens with one attached hydrogen (secondary N) is 1. The maximum absolute atomic E-state index is 12.8. The molecule has 9 heteroatoms. The summed E-state index contributed by atoms with van der Waals surface area (Å²) in [6.45, 7) is 0.916. The molecule has 1 aliphatic heterocycles. The summed E-state index contributed by atoms with van der Waals surface area (Å²) in [5, 5.41) is 14.1. The van der Waals surface area contributed by atoms with Crippen LogP contribution in [0.2, 0.25) is 0 Å². The minimum absolute atomic E-state index is 0.168. The second-order valence-electron chi connectivity index (χ2n) is 4.84. The van der Waals surface area contributed by atoms with Gasteiger partial charge in [-0.3, -0.25) is 10.1 Å². The van der Waals surface area contributed by atoms with Crippen molar-refractivity contribution in [3.8, 4) is 0 Å². The number of nitro groups is 1. The van der Waals surface area contributed by atoms with Gasteiger partial charge in [-0.2, -0.15) is 4.31 Å². The minimum Gasteiger partial charge on any atom is -0.318 e. The molecule has 0 aromatic heterocycles. The average molecular weight is 378 g/mol. The molecule has 0 amide bonds. The van der Waals surface area contributed by atoms with Crippen molar-refractivity contribution in [2.75, 3.05) is 20.1 Å². The number of hydrogen-bond donors (Lipinski definition) is 1. The highest BCUT2D eigenvalue weighted by atomic mass is 79.9. The van der Waals surface area contributed by atoms with E-state index in [0.29, 0.717) is 17.6 Å². The fourth-order valence-electron chi connectivity index (χ4n) is 2.54. The van der Waals surface area contributed by atoms with Gasteiger partial charge in [0.2, 0.25) is 10.0 Å². The van der Waals surface area contributed by atoms with Gasteiger partial charge in [-0.05, 0) is 32.0 Å². The number of nitrogens with zero attached hydrogens (tertiary/aromatic N) is 2. The first-order valence-electron chi connectivity index (χ1n) is 6.48. The van der Waals surface area contributed by atoms with E-state index >= 15 is 0 Å². The first-order chi connectivity index (χ1) is 9.87. The third-order valence-corrected chi connectivity index (χ3v) is 5.94. The molecule has 0 saturated carbocycles. The Hall–Kier alpha value is -1.03. The van der Waals surface area contributed by atoms with Gasteiger partial charge in [-0.1, -0.05) is 15.9 Å². The van der Waals surface area contributed by atoms with Crippen LogP contribution in [-0.4, -0.2) is 43.8 Å². The first-order valence-corrected chi connectivity index (χ1v) is 8.71. The van der Waals surface area contributed by atoms with E-state index in [1.807, 2.05) is 0 Å². The lowest BCUT2D eigenvalue weighted by Crippen LogP contribution is -2.40. The Labute approximate surface area is 131 Å². The lowest BCUT2D eigenvalue weighted by atomic mass is 10.2. The van der Waals surface area contributed by atoms with Gasteiger partial charge >= 0.3 is 0 Å². The Morgan fingerprint density at radius 2 is 2.24 bits per heavy atom. The monoisotopic (exact) mass is 377 g/mol. The van der Waals surface area contributed by atoms with Crippen molar-refractivity contribution in [1.29, 1.82) is 0 Å². The van der Waals surface area contributed by atoms with E-state index < -0.39 is 20.6 Å². The minimum atomic E-state index is -3.89. The smallest absolute Gasteiger partial charge is 0.289 e. The third kappa shape index (κ3) is 3.25. The fraction of sp³-hybridized carbons (Fsp3) is 0.500. The van der Waals surface area contributed by atoms with E-state index in [9.17, 15) is 18.5 Å². The maximum Gasteiger partial charge on any atom is 0.289 e. The van der Waals surface area contributed by atoms with Crippen molar-refractivity contribution >= 4 is 31.6 Å². The maximum atomic E-state index is 12.8. The number of rotatable bonds is 5. The highest BCUT2D eigenvalue weighted by molar-refractivity contribution is 9.10. The summed E-state index contributed by atoms with van der Waals surface area (Å²) in [6, 6.07) is 3.80. The molecule has 1 unspecified atom stereocenters. The van der Waals surface area contributed by atoms with E-state index in [1.54, 1.807) is 7.05 Å². The van der Waals surface area contributed by atoms with Crippen molar-refractivity contribution < 1.29 is 13.3 Å². The molecule has 1 saturated heterocycles. The first kappa shape index (κ1) is 16.3. The van der Waals surface area contributed by atoms with Crippen molar-refractivity contribution in [1.82, 2.24) is 9.62 Å². The van der Waals surface area contributed by atoms with E-state index in [0.717, 1.165) is 12.8 Å². The van der Waals surface area contributed by atoms with E-state index in [4.69, 9.17) is 0 Å². The molecule has 116 valence electrons. The van der Waals surface area contributed by atoms with Gasteiger partial charge in [0.25, 0.3) is 5.69 Å². The van der Waals surface area contributed by atoms with Gasteiger partial charge in [0.1, 0.15) is 0 Å². The second-order valence-corrected chi connectivity index (χ2v) is 7.61. The topological polar surface area (TPSA) is 92.6 Å². The van der Waals surface area contributed by atoms with E-state index in [-0.39, 0.29) is 10.9 Å². The van der Waals surface area contributed by atoms with Crippen LogP contribution in [0.3, 0.4) is 0 Å². The molecular weight excluding hydrogens is 362 g/mol. The number of likely N-dealkylation sites (N-methyl/N-ethyl adjacent to an activating group) is 1. The molecule has 1 aromatic carbocycles. The molecule has 0 radical (unpaired) electrons. The molecule has 1 atom stereocenters. The Kier molecular flexibility index (Phi) is 4.97. The molecule has 0 aliphatic carbocycles. The van der Waals surface area contributed by atoms with Gasteiger partial charge in [0.15, 0.2) is 4.90 Å². The highest BCUT2D eigenvalue weighted by Crippen LogP contribution is 2.33. The van der Waals surface area contributed by atoms with Gasteiger partial charge in [-0.15, -0.1) is 0 Å². The van der Waals surface area contributed by atoms with Crippen LogP contribution in [0.4, 0.5) is 5.69 Å². The Balaban J connectivity index is 2.49. The molecule has 1 fully saturated rings. The molecule has 0 spiro atoms. The summed E-state index contributed by atoms with van der Waals surface area (Å²) in [4.78, 5) is 10.2. The number of nitro benzene ring substituents is 1. The fourth-order valence-corrected chi connectivity index (χ4v) is 4.93. The molecule has 21 heavy (non-hydrogen) atoms. The highest BCUT2D eigenvalue weighted by Gasteiger charge is 2.38. The van der Waals surface area contributed by atoms with Crippen LogP contribution >= 0.6 is 15.9 Å². The van der Waals surface area contributed by atoms with E-state index in [1.165, 1.54) is 22.5 Å². The normalized spacial score (nSPS) is 19.8. The van der Waals surface area contributed by atoms with Crippen molar-refractivity contribution in [3.05, 3.63) is 32.8 Å². The second kappa shape index (κ2) is 6.39. The zero-order valence-electron chi connectivity index (χ0n) is 11.5. The molecule has 1 N–H and O–H groups in total. The number of hydrogen-bond acceptors (Lipinski definition) is 5. The number of benzene rings is 1. The van der Waals surface area contributed by atoms with Crippen molar-refractivity contribution in [2.24, 2.45) is 0 Å². The molecular formula is C12H16BrN3O4S. The molecule has 7 nitrogen and oxygen atoms in total. The predicted octanol–water partition coefficient (Wildman–Crippen LogP) is 1.73. The Morgan fingerprint density at radius 1 is 1.52 bits per heavy atom. The zero-order chi connectivity index (χ0) is 15.6. The van der Waals surface area contributed by atoms with Crippen LogP contribution in [0.5, 0.6) is 0 Å². The van der Waals surface area contributed by atoms with Gasteiger partial charge in [0, 0.05) is 29.7 Å². The van der Waals surface area contributed by atoms with Crippen LogP contribution in [0.15, 0.2) is 27.6 Å².